The summed E-state index contributed by atoms with van der Waals surface area (Å²) >= 11 is 1.88. The van der Waals surface area contributed by atoms with Crippen molar-refractivity contribution in [2.24, 2.45) is 0 Å². The summed E-state index contributed by atoms with van der Waals surface area (Å²) in [5.74, 6) is 0.656. The quantitative estimate of drug-likeness (QED) is 0.182. The molecule has 0 atom stereocenters. The van der Waals surface area contributed by atoms with Crippen molar-refractivity contribution in [3.05, 3.63) is 182 Å². The Morgan fingerprint density at radius 1 is 0.436 bits per heavy atom. The van der Waals surface area contributed by atoms with E-state index in [1.165, 1.54) is 69.2 Å². The maximum Gasteiger partial charge on any atom is 0.235 e. The molecule has 0 spiro atoms. The molecule has 0 saturated heterocycles. The summed E-state index contributed by atoms with van der Waals surface area (Å²) in [6.45, 7) is 0. The van der Waals surface area contributed by atoms with Crippen LogP contribution in [0.5, 0.6) is 0 Å². The Bertz CT molecular complexity index is 3480. The predicted molar refractivity (Wildman–Crippen MR) is 232 cm³/mol. The molecule has 0 aliphatic carbocycles. The minimum absolute atomic E-state index is 0.656. The van der Waals surface area contributed by atoms with Gasteiger partial charge in [0.1, 0.15) is 0 Å². The van der Waals surface area contributed by atoms with Crippen LogP contribution in [0.1, 0.15) is 0 Å². The summed E-state index contributed by atoms with van der Waals surface area (Å²) in [6, 6.07) is 63.0. The Labute approximate surface area is 319 Å². The lowest BCUT2D eigenvalue weighted by molar-refractivity contribution is 0.994. The molecule has 0 amide bonds. The van der Waals surface area contributed by atoms with Crippen molar-refractivity contribution in [2.75, 3.05) is 0 Å². The first-order valence-corrected chi connectivity index (χ1v) is 19.4. The van der Waals surface area contributed by atoms with Gasteiger partial charge in [0.05, 0.1) is 27.8 Å². The summed E-state index contributed by atoms with van der Waals surface area (Å²) in [5.41, 5.74) is 9.90. The Balaban J connectivity index is 1.12. The van der Waals surface area contributed by atoms with E-state index in [1.807, 2.05) is 17.5 Å². The van der Waals surface area contributed by atoms with E-state index in [-0.39, 0.29) is 0 Å². The van der Waals surface area contributed by atoms with E-state index in [2.05, 4.69) is 185 Å². The van der Waals surface area contributed by atoms with Crippen molar-refractivity contribution in [1.82, 2.24) is 19.1 Å². The molecule has 55 heavy (non-hydrogen) atoms. The summed E-state index contributed by atoms with van der Waals surface area (Å²) < 4.78 is 7.20. The molecule has 4 nitrogen and oxygen atoms in total. The Morgan fingerprint density at radius 2 is 1.13 bits per heavy atom. The van der Waals surface area contributed by atoms with Gasteiger partial charge in [-0.3, -0.25) is 4.57 Å². The normalized spacial score (nSPS) is 12.0. The maximum atomic E-state index is 5.44. The smallest absolute Gasteiger partial charge is 0.235 e. The first-order valence-electron chi connectivity index (χ1n) is 18.6. The monoisotopic (exact) mass is 718 g/mol. The molecule has 12 rings (SSSR count). The average Bonchev–Trinajstić information content (AvgIpc) is 3.90. The number of nitrogens with zero attached hydrogens (tertiary/aromatic N) is 4. The summed E-state index contributed by atoms with van der Waals surface area (Å²) in [4.78, 5) is 10.6. The highest BCUT2D eigenvalue weighted by Crippen LogP contribution is 2.46. The lowest BCUT2D eigenvalue weighted by Crippen LogP contribution is -2.03. The first-order chi connectivity index (χ1) is 27.3. The number of hydrogen-bond acceptors (Lipinski definition) is 3. The van der Waals surface area contributed by atoms with E-state index < -0.39 is 0 Å². The largest absolute Gasteiger partial charge is 0.309 e. The molecule has 0 radical (unpaired) electrons. The van der Waals surface area contributed by atoms with Crippen LogP contribution in [0.25, 0.3) is 109 Å². The predicted octanol–water partition coefficient (Wildman–Crippen LogP) is 13.5. The van der Waals surface area contributed by atoms with Gasteiger partial charge in [0, 0.05) is 64.7 Å². The Kier molecular flexibility index (Phi) is 6.47. The minimum atomic E-state index is 0.656. The molecule has 4 aromatic heterocycles. The third-order valence-electron chi connectivity index (χ3n) is 11.2. The van der Waals surface area contributed by atoms with Crippen molar-refractivity contribution in [1.29, 1.82) is 0 Å². The lowest BCUT2D eigenvalue weighted by atomic mass is 9.96. The lowest BCUT2D eigenvalue weighted by Gasteiger charge is -2.14. The number of benzene rings is 8. The summed E-state index contributed by atoms with van der Waals surface area (Å²) in [5, 5.41) is 9.89. The summed E-state index contributed by atoms with van der Waals surface area (Å²) in [6.07, 6.45) is 2.02. The van der Waals surface area contributed by atoms with E-state index in [1.54, 1.807) is 0 Å². The fourth-order valence-electron chi connectivity index (χ4n) is 8.77. The molecule has 8 aromatic carbocycles. The molecule has 0 fully saturated rings. The van der Waals surface area contributed by atoms with E-state index in [0.717, 1.165) is 33.4 Å². The van der Waals surface area contributed by atoms with Crippen molar-refractivity contribution < 1.29 is 0 Å². The molecule has 12 aromatic rings. The number of thiophene rings is 1. The van der Waals surface area contributed by atoms with Gasteiger partial charge in [-0.15, -0.1) is 11.3 Å². The number of aromatic nitrogens is 4. The highest BCUT2D eigenvalue weighted by Gasteiger charge is 2.22. The molecule has 0 bridgehead atoms. The van der Waals surface area contributed by atoms with Crippen LogP contribution in [-0.4, -0.2) is 19.1 Å². The molecule has 0 unspecified atom stereocenters. The van der Waals surface area contributed by atoms with E-state index in [0.29, 0.717) is 5.95 Å². The van der Waals surface area contributed by atoms with Gasteiger partial charge in [-0.1, -0.05) is 133 Å². The number of rotatable bonds is 4. The third-order valence-corrected chi connectivity index (χ3v) is 12.4. The molecular formula is C50H30N4S. The van der Waals surface area contributed by atoms with Gasteiger partial charge < -0.3 is 4.57 Å². The van der Waals surface area contributed by atoms with E-state index in [9.17, 15) is 0 Å². The average molecular weight is 719 g/mol. The van der Waals surface area contributed by atoms with Gasteiger partial charge in [-0.05, 0) is 58.8 Å². The fraction of sp³-hybridized carbons (Fsp3) is 0. The highest BCUT2D eigenvalue weighted by atomic mass is 32.1. The number of fused-ring (bicyclic) bond motifs is 11. The van der Waals surface area contributed by atoms with Crippen LogP contribution in [0.4, 0.5) is 0 Å². The van der Waals surface area contributed by atoms with Crippen LogP contribution < -0.4 is 0 Å². The van der Waals surface area contributed by atoms with Crippen LogP contribution in [0.3, 0.4) is 0 Å². The topological polar surface area (TPSA) is 35.6 Å². The zero-order valence-corrected chi connectivity index (χ0v) is 30.3. The fourth-order valence-corrected chi connectivity index (χ4v) is 10.0. The van der Waals surface area contributed by atoms with Crippen LogP contribution in [0.15, 0.2) is 182 Å². The van der Waals surface area contributed by atoms with Crippen LogP contribution >= 0.6 is 11.3 Å². The SMILES string of the molecule is c1ccc(-c2nc(-n3c4ccccc4c4c5sc6cc7c(cc6c5ccc43)c3ccccc3n7-c3ccccc3)ncc2-c2cccc3ccccc23)cc1. The first kappa shape index (κ1) is 30.4. The van der Waals surface area contributed by atoms with Gasteiger partial charge >= 0.3 is 0 Å². The molecular weight excluding hydrogens is 689 g/mol. The second-order valence-electron chi connectivity index (χ2n) is 14.2. The van der Waals surface area contributed by atoms with Crippen molar-refractivity contribution >= 4 is 85.9 Å². The molecule has 5 heteroatoms. The van der Waals surface area contributed by atoms with Gasteiger partial charge in [-0.2, -0.15) is 0 Å². The Hall–Kier alpha value is -7.08. The Morgan fingerprint density at radius 3 is 1.96 bits per heavy atom. The molecule has 4 heterocycles. The van der Waals surface area contributed by atoms with E-state index >= 15 is 0 Å². The van der Waals surface area contributed by atoms with Gasteiger partial charge in [-0.25, -0.2) is 9.97 Å². The van der Waals surface area contributed by atoms with Crippen LogP contribution in [-0.2, 0) is 0 Å². The van der Waals surface area contributed by atoms with Gasteiger partial charge in [0.25, 0.3) is 0 Å². The molecule has 0 saturated carbocycles. The maximum absolute atomic E-state index is 5.44. The summed E-state index contributed by atoms with van der Waals surface area (Å²) in [7, 11) is 0. The van der Waals surface area contributed by atoms with Crippen LogP contribution in [0.2, 0.25) is 0 Å². The third kappa shape index (κ3) is 4.45. The minimum Gasteiger partial charge on any atom is -0.309 e. The van der Waals surface area contributed by atoms with E-state index in [4.69, 9.17) is 9.97 Å². The zero-order chi connectivity index (χ0) is 36.0. The second kappa shape index (κ2) is 11.7. The zero-order valence-electron chi connectivity index (χ0n) is 29.5. The number of para-hydroxylation sites is 3. The number of hydrogen-bond donors (Lipinski definition) is 0. The van der Waals surface area contributed by atoms with Crippen molar-refractivity contribution in [3.8, 4) is 34.0 Å². The van der Waals surface area contributed by atoms with Gasteiger partial charge in [0.15, 0.2) is 0 Å². The second-order valence-corrected chi connectivity index (χ2v) is 15.2. The molecule has 0 N–H and O–H groups in total. The van der Waals surface area contributed by atoms with Gasteiger partial charge in [0.2, 0.25) is 5.95 Å². The van der Waals surface area contributed by atoms with Crippen molar-refractivity contribution in [3.63, 3.8) is 0 Å². The van der Waals surface area contributed by atoms with Crippen molar-refractivity contribution in [2.45, 2.75) is 0 Å². The molecule has 0 aliphatic rings. The van der Waals surface area contributed by atoms with Crippen LogP contribution in [0, 0.1) is 0 Å². The highest BCUT2D eigenvalue weighted by molar-refractivity contribution is 7.26. The molecule has 256 valence electrons. The standard InChI is InChI=1S/C50H30N4S/c1-3-15-32(16-4-1)48-41(35-23-13-17-31-14-7-8-20-34(31)35)30-51-50(52-48)54-43-25-12-10-22-38(43)47-44(54)27-26-37-40-28-39-36-21-9-11-24-42(36)53(33-18-5-2-6-19-33)45(39)29-46(40)55-49(37)47/h1-30H. The molecule has 0 aliphatic heterocycles.